The third kappa shape index (κ3) is 4.90. The summed E-state index contributed by atoms with van der Waals surface area (Å²) in [6.45, 7) is 6.16. The van der Waals surface area contributed by atoms with Gasteiger partial charge in [-0.05, 0) is 11.1 Å². The summed E-state index contributed by atoms with van der Waals surface area (Å²) < 4.78 is 5.72. The molecular formula is C20H26N2O. The molecule has 23 heavy (non-hydrogen) atoms. The lowest BCUT2D eigenvalue weighted by Gasteiger charge is -2.23. The van der Waals surface area contributed by atoms with E-state index in [0.717, 1.165) is 39.3 Å². The summed E-state index contributed by atoms with van der Waals surface area (Å²) in [5.41, 5.74) is 2.75. The maximum atomic E-state index is 5.72. The maximum Gasteiger partial charge on any atom is 0.0825 e. The van der Waals surface area contributed by atoms with Gasteiger partial charge in [0.1, 0.15) is 0 Å². The summed E-state index contributed by atoms with van der Waals surface area (Å²) in [5.74, 6) is 0. The van der Waals surface area contributed by atoms with Crippen molar-refractivity contribution in [3.05, 3.63) is 71.8 Å². The van der Waals surface area contributed by atoms with Gasteiger partial charge in [0.2, 0.25) is 0 Å². The minimum Gasteiger partial charge on any atom is -0.379 e. The van der Waals surface area contributed by atoms with E-state index in [1.165, 1.54) is 11.1 Å². The first-order valence-electron chi connectivity index (χ1n) is 8.39. The standard InChI is InChI=1S/C20H26N2O/c1-23-20-16-21(14-18-8-4-2-5-9-18)12-13-22(17-20)15-19-10-6-3-7-11-19/h2-11,20H,12-17H2,1H3. The summed E-state index contributed by atoms with van der Waals surface area (Å²) in [7, 11) is 1.83. The fourth-order valence-electron chi connectivity index (χ4n) is 3.22. The Labute approximate surface area is 139 Å². The van der Waals surface area contributed by atoms with Gasteiger partial charge in [0, 0.05) is 46.4 Å². The highest BCUT2D eigenvalue weighted by Gasteiger charge is 2.22. The second kappa shape index (κ2) is 8.25. The Morgan fingerprint density at radius 3 is 1.61 bits per heavy atom. The summed E-state index contributed by atoms with van der Waals surface area (Å²) in [6, 6.07) is 21.4. The Hall–Kier alpha value is -1.68. The van der Waals surface area contributed by atoms with Crippen LogP contribution in [0.1, 0.15) is 11.1 Å². The van der Waals surface area contributed by atoms with Gasteiger partial charge in [0.05, 0.1) is 6.10 Å². The van der Waals surface area contributed by atoms with Crippen molar-refractivity contribution in [3.63, 3.8) is 0 Å². The fraction of sp³-hybridized carbons (Fsp3) is 0.400. The van der Waals surface area contributed by atoms with E-state index >= 15 is 0 Å². The van der Waals surface area contributed by atoms with Gasteiger partial charge in [-0.1, -0.05) is 60.7 Å². The minimum absolute atomic E-state index is 0.268. The van der Waals surface area contributed by atoms with Crippen molar-refractivity contribution in [1.82, 2.24) is 9.80 Å². The predicted octanol–water partition coefficient (Wildman–Crippen LogP) is 3.02. The van der Waals surface area contributed by atoms with Crippen molar-refractivity contribution < 1.29 is 4.74 Å². The summed E-state index contributed by atoms with van der Waals surface area (Å²) >= 11 is 0. The Bertz CT molecular complexity index is 521. The van der Waals surface area contributed by atoms with Crippen LogP contribution in [0.15, 0.2) is 60.7 Å². The van der Waals surface area contributed by atoms with E-state index in [2.05, 4.69) is 70.5 Å². The number of ether oxygens (including phenoxy) is 1. The van der Waals surface area contributed by atoms with Crippen molar-refractivity contribution in [3.8, 4) is 0 Å². The first-order chi connectivity index (χ1) is 11.3. The monoisotopic (exact) mass is 310 g/mol. The van der Waals surface area contributed by atoms with Crippen LogP contribution in [0, 0.1) is 0 Å². The van der Waals surface area contributed by atoms with Crippen LogP contribution in [-0.4, -0.2) is 49.2 Å². The molecule has 0 amide bonds. The summed E-state index contributed by atoms with van der Waals surface area (Å²) in [6.07, 6.45) is 0.268. The van der Waals surface area contributed by atoms with Crippen molar-refractivity contribution in [2.24, 2.45) is 0 Å². The van der Waals surface area contributed by atoms with Crippen LogP contribution >= 0.6 is 0 Å². The van der Waals surface area contributed by atoms with Gasteiger partial charge in [-0.25, -0.2) is 0 Å². The summed E-state index contributed by atoms with van der Waals surface area (Å²) in [4.78, 5) is 5.02. The van der Waals surface area contributed by atoms with Gasteiger partial charge in [-0.15, -0.1) is 0 Å². The Balaban J connectivity index is 1.61. The molecule has 0 aromatic heterocycles. The molecule has 1 fully saturated rings. The molecule has 1 saturated heterocycles. The number of benzene rings is 2. The highest BCUT2D eigenvalue weighted by molar-refractivity contribution is 5.15. The molecule has 3 nitrogen and oxygen atoms in total. The Morgan fingerprint density at radius 1 is 0.783 bits per heavy atom. The number of methoxy groups -OCH3 is 1. The molecule has 0 spiro atoms. The van der Waals surface area contributed by atoms with Crippen LogP contribution < -0.4 is 0 Å². The average Bonchev–Trinajstić information content (AvgIpc) is 2.79. The maximum absolute atomic E-state index is 5.72. The molecule has 1 heterocycles. The highest BCUT2D eigenvalue weighted by Crippen LogP contribution is 2.13. The van der Waals surface area contributed by atoms with Crippen molar-refractivity contribution in [1.29, 1.82) is 0 Å². The number of hydrogen-bond donors (Lipinski definition) is 0. The fourth-order valence-corrected chi connectivity index (χ4v) is 3.22. The SMILES string of the molecule is COC1CN(Cc2ccccc2)CCN(Cc2ccccc2)C1. The molecule has 0 aliphatic carbocycles. The molecule has 0 radical (unpaired) electrons. The van der Waals surface area contributed by atoms with Crippen LogP contribution in [0.2, 0.25) is 0 Å². The lowest BCUT2D eigenvalue weighted by molar-refractivity contribution is 0.0571. The molecule has 0 atom stereocenters. The zero-order valence-electron chi connectivity index (χ0n) is 13.9. The minimum atomic E-state index is 0.268. The third-order valence-corrected chi connectivity index (χ3v) is 4.49. The van der Waals surface area contributed by atoms with Crippen LogP contribution in [0.5, 0.6) is 0 Å². The molecule has 122 valence electrons. The highest BCUT2D eigenvalue weighted by atomic mass is 16.5. The molecule has 0 bridgehead atoms. The van der Waals surface area contributed by atoms with Crippen LogP contribution in [0.3, 0.4) is 0 Å². The molecule has 0 N–H and O–H groups in total. The number of rotatable bonds is 5. The van der Waals surface area contributed by atoms with Gasteiger partial charge in [-0.2, -0.15) is 0 Å². The van der Waals surface area contributed by atoms with Crippen molar-refractivity contribution >= 4 is 0 Å². The topological polar surface area (TPSA) is 15.7 Å². The molecule has 2 aromatic carbocycles. The van der Waals surface area contributed by atoms with E-state index in [0.29, 0.717) is 0 Å². The zero-order chi connectivity index (χ0) is 15.9. The number of nitrogens with zero attached hydrogens (tertiary/aromatic N) is 2. The second-order valence-electron chi connectivity index (χ2n) is 6.30. The predicted molar refractivity (Wildman–Crippen MR) is 94.2 cm³/mol. The average molecular weight is 310 g/mol. The van der Waals surface area contributed by atoms with E-state index in [9.17, 15) is 0 Å². The molecule has 2 aromatic rings. The van der Waals surface area contributed by atoms with E-state index in [4.69, 9.17) is 4.74 Å². The van der Waals surface area contributed by atoms with Crippen LogP contribution in [0.4, 0.5) is 0 Å². The smallest absolute Gasteiger partial charge is 0.0825 e. The molecule has 1 aliphatic heterocycles. The van der Waals surface area contributed by atoms with Gasteiger partial charge in [-0.3, -0.25) is 9.80 Å². The van der Waals surface area contributed by atoms with E-state index in [1.807, 2.05) is 7.11 Å². The van der Waals surface area contributed by atoms with Gasteiger partial charge >= 0.3 is 0 Å². The van der Waals surface area contributed by atoms with Crippen LogP contribution in [-0.2, 0) is 17.8 Å². The molecule has 0 saturated carbocycles. The molecular weight excluding hydrogens is 284 g/mol. The Kier molecular flexibility index (Phi) is 5.81. The molecule has 3 rings (SSSR count). The molecule has 0 unspecified atom stereocenters. The lowest BCUT2D eigenvalue weighted by atomic mass is 10.2. The quantitative estimate of drug-likeness (QED) is 0.844. The van der Waals surface area contributed by atoms with Crippen molar-refractivity contribution in [2.75, 3.05) is 33.3 Å². The number of hydrogen-bond acceptors (Lipinski definition) is 3. The van der Waals surface area contributed by atoms with Crippen LogP contribution in [0.25, 0.3) is 0 Å². The van der Waals surface area contributed by atoms with Gasteiger partial charge in [0.25, 0.3) is 0 Å². The third-order valence-electron chi connectivity index (χ3n) is 4.49. The molecule has 3 heteroatoms. The second-order valence-corrected chi connectivity index (χ2v) is 6.30. The lowest BCUT2D eigenvalue weighted by Crippen LogP contribution is -2.34. The molecule has 1 aliphatic rings. The summed E-state index contributed by atoms with van der Waals surface area (Å²) in [5, 5.41) is 0. The van der Waals surface area contributed by atoms with E-state index in [-0.39, 0.29) is 6.10 Å². The van der Waals surface area contributed by atoms with E-state index in [1.54, 1.807) is 0 Å². The van der Waals surface area contributed by atoms with Gasteiger partial charge in [0.15, 0.2) is 0 Å². The zero-order valence-corrected chi connectivity index (χ0v) is 13.9. The largest absolute Gasteiger partial charge is 0.379 e. The first kappa shape index (κ1) is 16.2. The first-order valence-corrected chi connectivity index (χ1v) is 8.39. The Morgan fingerprint density at radius 2 is 1.22 bits per heavy atom. The normalized spacial score (nSPS) is 18.0. The van der Waals surface area contributed by atoms with Gasteiger partial charge < -0.3 is 4.74 Å². The van der Waals surface area contributed by atoms with E-state index < -0.39 is 0 Å². The van der Waals surface area contributed by atoms with Crippen molar-refractivity contribution in [2.45, 2.75) is 19.2 Å².